The molecule has 2 heterocycles. The molecule has 29 heavy (non-hydrogen) atoms. The molecule has 0 amide bonds. The van der Waals surface area contributed by atoms with Crippen molar-refractivity contribution in [2.24, 2.45) is 0 Å². The standard InChI is InChI=1S/C18H29F2N4O4P/c1-3-27-29(26,28-4-2)18(19,20)11-9-7-5-6-8-10-13-12-22-15-14(13)23-17(21)24-16(15)25/h12,22H,3-11H2,1-2H3,(H3,21,23,24,25). The fraction of sp³-hybridized carbons (Fsp3) is 0.667. The summed E-state index contributed by atoms with van der Waals surface area (Å²) in [7, 11) is -4.43. The predicted octanol–water partition coefficient (Wildman–Crippen LogP) is 4.58. The monoisotopic (exact) mass is 434 g/mol. The Labute approximate surface area is 168 Å². The molecule has 0 aliphatic carbocycles. The van der Waals surface area contributed by atoms with E-state index in [1.54, 1.807) is 6.20 Å². The maximum Gasteiger partial charge on any atom is 0.399 e. The first-order chi connectivity index (χ1) is 13.7. The minimum Gasteiger partial charge on any atom is -0.369 e. The number of hydrogen-bond acceptors (Lipinski definition) is 6. The van der Waals surface area contributed by atoms with Crippen molar-refractivity contribution in [3.05, 3.63) is 22.1 Å². The molecular formula is C18H29F2N4O4P. The number of nitrogens with zero attached hydrogens (tertiary/aromatic N) is 1. The van der Waals surface area contributed by atoms with Crippen molar-refractivity contribution in [1.29, 1.82) is 0 Å². The van der Waals surface area contributed by atoms with Gasteiger partial charge in [0.05, 0.1) is 13.2 Å². The van der Waals surface area contributed by atoms with Crippen LogP contribution in [0.3, 0.4) is 0 Å². The summed E-state index contributed by atoms with van der Waals surface area (Å²) in [5.74, 6) is 0.0701. The molecule has 0 bridgehead atoms. The third-order valence-electron chi connectivity index (χ3n) is 4.56. The van der Waals surface area contributed by atoms with Crippen LogP contribution in [0.5, 0.6) is 0 Å². The third-order valence-corrected chi connectivity index (χ3v) is 6.78. The highest BCUT2D eigenvalue weighted by molar-refractivity contribution is 7.55. The highest BCUT2D eigenvalue weighted by Crippen LogP contribution is 2.63. The lowest BCUT2D eigenvalue weighted by atomic mass is 10.1. The second-order valence-electron chi connectivity index (χ2n) is 6.76. The van der Waals surface area contributed by atoms with Gasteiger partial charge in [-0.15, -0.1) is 0 Å². The van der Waals surface area contributed by atoms with Gasteiger partial charge >= 0.3 is 13.3 Å². The zero-order chi connectivity index (χ0) is 21.5. The van der Waals surface area contributed by atoms with E-state index in [0.717, 1.165) is 24.8 Å². The summed E-state index contributed by atoms with van der Waals surface area (Å²) in [6.07, 6.45) is 5.17. The molecule has 2 aromatic heterocycles. The maximum absolute atomic E-state index is 14.3. The number of nitrogens with two attached hydrogens (primary N) is 1. The highest BCUT2D eigenvalue weighted by atomic mass is 31.2. The number of alkyl halides is 2. The summed E-state index contributed by atoms with van der Waals surface area (Å²) in [4.78, 5) is 21.3. The minimum atomic E-state index is -4.43. The number of anilines is 1. The number of unbranched alkanes of at least 4 members (excludes halogenated alkanes) is 4. The van der Waals surface area contributed by atoms with Gasteiger partial charge in [0, 0.05) is 12.6 Å². The third kappa shape index (κ3) is 5.87. The molecular weight excluding hydrogens is 405 g/mol. The van der Waals surface area contributed by atoms with Gasteiger partial charge in [0.1, 0.15) is 11.0 Å². The first-order valence-electron chi connectivity index (χ1n) is 9.87. The van der Waals surface area contributed by atoms with Gasteiger partial charge < -0.3 is 19.8 Å². The van der Waals surface area contributed by atoms with Crippen molar-refractivity contribution >= 4 is 24.6 Å². The van der Waals surface area contributed by atoms with Crippen LogP contribution in [-0.4, -0.2) is 33.8 Å². The average Bonchev–Trinajstić information content (AvgIpc) is 3.04. The molecule has 0 fully saturated rings. The Bertz CT molecular complexity index is 890. The Kier molecular flexibility index (Phi) is 8.36. The number of nitrogens with one attached hydrogen (secondary N) is 2. The topological polar surface area (TPSA) is 123 Å². The molecule has 8 nitrogen and oxygen atoms in total. The molecule has 0 atom stereocenters. The van der Waals surface area contributed by atoms with Crippen LogP contribution in [0.1, 0.15) is 57.9 Å². The van der Waals surface area contributed by atoms with Crippen LogP contribution in [0.25, 0.3) is 11.0 Å². The molecule has 0 aromatic carbocycles. The Morgan fingerprint density at radius 1 is 1.14 bits per heavy atom. The van der Waals surface area contributed by atoms with E-state index in [0.29, 0.717) is 23.9 Å². The van der Waals surface area contributed by atoms with E-state index in [-0.39, 0.29) is 31.1 Å². The lowest BCUT2D eigenvalue weighted by Gasteiger charge is -2.25. The molecule has 2 aromatic rings. The van der Waals surface area contributed by atoms with Gasteiger partial charge in [0.15, 0.2) is 0 Å². The number of hydrogen-bond donors (Lipinski definition) is 3. The quantitative estimate of drug-likeness (QED) is 0.313. The zero-order valence-electron chi connectivity index (χ0n) is 16.8. The van der Waals surface area contributed by atoms with Crippen LogP contribution in [0.2, 0.25) is 0 Å². The number of nitrogen functional groups attached to an aromatic ring is 1. The van der Waals surface area contributed by atoms with Crippen LogP contribution in [-0.2, 0) is 20.0 Å². The molecule has 0 saturated carbocycles. The smallest absolute Gasteiger partial charge is 0.369 e. The lowest BCUT2D eigenvalue weighted by Crippen LogP contribution is -2.20. The fourth-order valence-electron chi connectivity index (χ4n) is 3.16. The van der Waals surface area contributed by atoms with E-state index in [1.807, 2.05) is 0 Å². The predicted molar refractivity (Wildman–Crippen MR) is 108 cm³/mol. The van der Waals surface area contributed by atoms with Crippen LogP contribution >= 0.6 is 7.60 Å². The molecule has 2 rings (SSSR count). The number of aromatic amines is 2. The van der Waals surface area contributed by atoms with Crippen molar-refractivity contribution in [2.75, 3.05) is 18.9 Å². The first kappa shape index (κ1) is 23.5. The second kappa shape index (κ2) is 10.3. The summed E-state index contributed by atoms with van der Waals surface area (Å²) >= 11 is 0. The second-order valence-corrected chi connectivity index (χ2v) is 8.92. The number of fused-ring (bicyclic) bond motifs is 1. The fourth-order valence-corrected chi connectivity index (χ4v) is 4.73. The van der Waals surface area contributed by atoms with E-state index in [4.69, 9.17) is 14.8 Å². The molecule has 0 aliphatic heterocycles. The summed E-state index contributed by atoms with van der Waals surface area (Å²) in [5, 5.41) is 0. The van der Waals surface area contributed by atoms with Gasteiger partial charge in [-0.25, -0.2) is 4.98 Å². The number of aromatic nitrogens is 3. The largest absolute Gasteiger partial charge is 0.399 e. The van der Waals surface area contributed by atoms with Crippen LogP contribution in [0.4, 0.5) is 14.7 Å². The van der Waals surface area contributed by atoms with Crippen molar-refractivity contribution in [2.45, 2.75) is 64.5 Å². The van der Waals surface area contributed by atoms with E-state index >= 15 is 0 Å². The Morgan fingerprint density at radius 3 is 2.41 bits per heavy atom. The van der Waals surface area contributed by atoms with Crippen LogP contribution in [0, 0.1) is 0 Å². The average molecular weight is 434 g/mol. The summed E-state index contributed by atoms with van der Waals surface area (Å²) in [5.41, 5.74) is 3.65. The molecule has 164 valence electrons. The Hall–Kier alpha value is -1.77. The first-order valence-corrected chi connectivity index (χ1v) is 11.4. The molecule has 0 spiro atoms. The number of rotatable bonds is 13. The van der Waals surface area contributed by atoms with Crippen LogP contribution < -0.4 is 11.3 Å². The lowest BCUT2D eigenvalue weighted by molar-refractivity contribution is 0.0294. The summed E-state index contributed by atoms with van der Waals surface area (Å²) in [6, 6.07) is 0. The number of halogens is 2. The highest BCUT2D eigenvalue weighted by Gasteiger charge is 2.52. The SMILES string of the molecule is CCOP(=O)(OCC)C(F)(F)CCCCCCCc1c[nH]c2c(=O)[nH]c(N)nc12. The zero-order valence-corrected chi connectivity index (χ0v) is 17.7. The molecule has 0 unspecified atom stereocenters. The van der Waals surface area contributed by atoms with Gasteiger partial charge in [-0.2, -0.15) is 8.78 Å². The van der Waals surface area contributed by atoms with Gasteiger partial charge in [-0.3, -0.25) is 14.3 Å². The van der Waals surface area contributed by atoms with Gasteiger partial charge in [-0.05, 0) is 38.7 Å². The van der Waals surface area contributed by atoms with Gasteiger partial charge in [-0.1, -0.05) is 19.3 Å². The molecule has 0 saturated heterocycles. The number of H-pyrrole nitrogens is 2. The van der Waals surface area contributed by atoms with E-state index in [2.05, 4.69) is 15.0 Å². The van der Waals surface area contributed by atoms with E-state index in [1.165, 1.54) is 13.8 Å². The van der Waals surface area contributed by atoms with Crippen molar-refractivity contribution < 1.29 is 22.4 Å². The van der Waals surface area contributed by atoms with E-state index in [9.17, 15) is 18.1 Å². The molecule has 11 heteroatoms. The van der Waals surface area contributed by atoms with E-state index < -0.39 is 19.7 Å². The molecule has 4 N–H and O–H groups in total. The normalized spacial score (nSPS) is 12.7. The van der Waals surface area contributed by atoms with Crippen molar-refractivity contribution in [3.63, 3.8) is 0 Å². The number of aryl methyl sites for hydroxylation is 1. The van der Waals surface area contributed by atoms with Crippen molar-refractivity contribution in [1.82, 2.24) is 15.0 Å². The van der Waals surface area contributed by atoms with Gasteiger partial charge in [0.2, 0.25) is 5.95 Å². The van der Waals surface area contributed by atoms with Gasteiger partial charge in [0.25, 0.3) is 5.56 Å². The summed E-state index contributed by atoms with van der Waals surface area (Å²) < 4.78 is 50.3. The Morgan fingerprint density at radius 2 is 1.76 bits per heavy atom. The molecule has 0 radical (unpaired) electrons. The summed E-state index contributed by atoms with van der Waals surface area (Å²) in [6.45, 7) is 2.84. The molecule has 0 aliphatic rings. The van der Waals surface area contributed by atoms with Crippen LogP contribution in [0.15, 0.2) is 11.0 Å². The minimum absolute atomic E-state index is 0.0701. The van der Waals surface area contributed by atoms with Crippen molar-refractivity contribution in [3.8, 4) is 0 Å². The Balaban J connectivity index is 1.75. The maximum atomic E-state index is 14.3.